The fourth-order valence-corrected chi connectivity index (χ4v) is 3.19. The summed E-state index contributed by atoms with van der Waals surface area (Å²) in [5.41, 5.74) is 2.11. The van der Waals surface area contributed by atoms with E-state index in [0.29, 0.717) is 6.61 Å². The predicted molar refractivity (Wildman–Crippen MR) is 98.2 cm³/mol. The molecular weight excluding hydrogens is 314 g/mol. The first-order chi connectivity index (χ1) is 12.2. The second-order valence-corrected chi connectivity index (χ2v) is 6.31. The van der Waals surface area contributed by atoms with E-state index in [0.717, 1.165) is 30.4 Å². The molecule has 25 heavy (non-hydrogen) atoms. The molecule has 5 heteroatoms. The Labute approximate surface area is 147 Å². The molecule has 3 aromatic rings. The van der Waals surface area contributed by atoms with Crippen molar-refractivity contribution in [2.24, 2.45) is 0 Å². The van der Waals surface area contributed by atoms with Gasteiger partial charge in [0, 0.05) is 13.1 Å². The molecule has 2 heterocycles. The fraction of sp³-hybridized carbons (Fsp3) is 0.300. The highest BCUT2D eigenvalue weighted by atomic mass is 16.5. The van der Waals surface area contributed by atoms with Crippen LogP contribution < -0.4 is 9.64 Å². The lowest BCUT2D eigenvalue weighted by Gasteiger charge is -2.33. The molecule has 1 saturated heterocycles. The summed E-state index contributed by atoms with van der Waals surface area (Å²) in [7, 11) is 1.69. The van der Waals surface area contributed by atoms with Crippen LogP contribution in [0.1, 0.15) is 17.4 Å². The third kappa shape index (κ3) is 3.28. The monoisotopic (exact) mass is 335 g/mol. The smallest absolute Gasteiger partial charge is 0.151 e. The number of aryl methyl sites for hydroxylation is 1. The number of hydrogen-bond acceptors (Lipinski definition) is 5. The van der Waals surface area contributed by atoms with E-state index in [4.69, 9.17) is 9.47 Å². The van der Waals surface area contributed by atoms with Gasteiger partial charge in [-0.05, 0) is 53.6 Å². The zero-order valence-corrected chi connectivity index (χ0v) is 14.5. The van der Waals surface area contributed by atoms with E-state index in [2.05, 4.69) is 45.4 Å². The maximum absolute atomic E-state index is 6.02. The molecule has 1 atom stereocenters. The highest BCUT2D eigenvalue weighted by Gasteiger charge is 2.23. The lowest BCUT2D eigenvalue weighted by molar-refractivity contribution is 0.0395. The van der Waals surface area contributed by atoms with Gasteiger partial charge in [-0.1, -0.05) is 18.2 Å². The standard InChI is InChI=1S/C20H21N3O2/c1-14-3-8-20(22-21-14)23-9-10-25-19(13-23)17-5-4-16-12-18(24-2)7-6-15(16)11-17/h3-8,11-12,19H,9-10,13H2,1-2H3/t19-/m1/s1. The van der Waals surface area contributed by atoms with Crippen LogP contribution in [0, 0.1) is 6.92 Å². The number of anilines is 1. The fourth-order valence-electron chi connectivity index (χ4n) is 3.19. The number of benzene rings is 2. The van der Waals surface area contributed by atoms with Gasteiger partial charge in [0.15, 0.2) is 5.82 Å². The van der Waals surface area contributed by atoms with Crippen molar-refractivity contribution in [3.8, 4) is 5.75 Å². The van der Waals surface area contributed by atoms with Gasteiger partial charge in [0.2, 0.25) is 0 Å². The molecule has 0 saturated carbocycles. The number of nitrogens with zero attached hydrogens (tertiary/aromatic N) is 3. The lowest BCUT2D eigenvalue weighted by atomic mass is 10.0. The lowest BCUT2D eigenvalue weighted by Crippen LogP contribution is -2.39. The highest BCUT2D eigenvalue weighted by molar-refractivity contribution is 5.84. The summed E-state index contributed by atoms with van der Waals surface area (Å²) in [6, 6.07) is 16.6. The largest absolute Gasteiger partial charge is 0.497 e. The summed E-state index contributed by atoms with van der Waals surface area (Å²) in [6.45, 7) is 4.24. The molecule has 0 N–H and O–H groups in total. The Balaban J connectivity index is 1.58. The molecule has 4 rings (SSSR count). The average Bonchev–Trinajstić information content (AvgIpc) is 2.68. The number of morpholine rings is 1. The molecule has 0 aliphatic carbocycles. The zero-order chi connectivity index (χ0) is 17.2. The Hall–Kier alpha value is -2.66. The van der Waals surface area contributed by atoms with Crippen molar-refractivity contribution in [2.75, 3.05) is 31.7 Å². The van der Waals surface area contributed by atoms with Crippen LogP contribution in [0.3, 0.4) is 0 Å². The molecule has 0 spiro atoms. The highest BCUT2D eigenvalue weighted by Crippen LogP contribution is 2.29. The molecule has 0 radical (unpaired) electrons. The summed E-state index contributed by atoms with van der Waals surface area (Å²) < 4.78 is 11.3. The molecule has 1 aromatic heterocycles. The second-order valence-electron chi connectivity index (χ2n) is 6.31. The normalized spacial score (nSPS) is 17.7. The molecule has 128 valence electrons. The van der Waals surface area contributed by atoms with Crippen molar-refractivity contribution in [1.82, 2.24) is 10.2 Å². The Kier molecular flexibility index (Phi) is 4.24. The van der Waals surface area contributed by atoms with Crippen molar-refractivity contribution in [3.05, 3.63) is 59.8 Å². The van der Waals surface area contributed by atoms with Crippen LogP contribution in [0.5, 0.6) is 5.75 Å². The minimum atomic E-state index is 0.0309. The molecule has 0 bridgehead atoms. The number of methoxy groups -OCH3 is 1. The van der Waals surface area contributed by atoms with Crippen molar-refractivity contribution >= 4 is 16.6 Å². The number of hydrogen-bond donors (Lipinski definition) is 0. The zero-order valence-electron chi connectivity index (χ0n) is 14.5. The third-order valence-electron chi connectivity index (χ3n) is 4.62. The number of ether oxygens (including phenoxy) is 2. The summed E-state index contributed by atoms with van der Waals surface area (Å²) in [5.74, 6) is 1.78. The van der Waals surface area contributed by atoms with Crippen LogP contribution in [0.15, 0.2) is 48.5 Å². The average molecular weight is 335 g/mol. The Morgan fingerprint density at radius 1 is 1.04 bits per heavy atom. The van der Waals surface area contributed by atoms with E-state index in [1.165, 1.54) is 16.3 Å². The Bertz CT molecular complexity index is 880. The number of aromatic nitrogens is 2. The number of rotatable bonds is 3. The second kappa shape index (κ2) is 6.69. The van der Waals surface area contributed by atoms with Crippen molar-refractivity contribution in [2.45, 2.75) is 13.0 Å². The predicted octanol–water partition coefficient (Wildman–Crippen LogP) is 3.52. The molecular formula is C20H21N3O2. The summed E-state index contributed by atoms with van der Waals surface area (Å²) in [5, 5.41) is 10.8. The third-order valence-corrected chi connectivity index (χ3v) is 4.62. The van der Waals surface area contributed by atoms with E-state index in [1.54, 1.807) is 7.11 Å². The number of fused-ring (bicyclic) bond motifs is 1. The summed E-state index contributed by atoms with van der Waals surface area (Å²) >= 11 is 0. The summed E-state index contributed by atoms with van der Waals surface area (Å²) in [4.78, 5) is 2.23. The van der Waals surface area contributed by atoms with Gasteiger partial charge in [0.25, 0.3) is 0 Å². The first-order valence-corrected chi connectivity index (χ1v) is 8.47. The van der Waals surface area contributed by atoms with E-state index < -0.39 is 0 Å². The van der Waals surface area contributed by atoms with Crippen LogP contribution in [-0.4, -0.2) is 37.0 Å². The van der Waals surface area contributed by atoms with Crippen LogP contribution >= 0.6 is 0 Å². The molecule has 1 aliphatic heterocycles. The van der Waals surface area contributed by atoms with Gasteiger partial charge in [0.1, 0.15) is 11.9 Å². The summed E-state index contributed by atoms with van der Waals surface area (Å²) in [6.07, 6.45) is 0.0309. The van der Waals surface area contributed by atoms with E-state index in [9.17, 15) is 0 Å². The van der Waals surface area contributed by atoms with Gasteiger partial charge in [-0.3, -0.25) is 0 Å². The topological polar surface area (TPSA) is 47.5 Å². The quantitative estimate of drug-likeness (QED) is 0.733. The Morgan fingerprint density at radius 3 is 2.68 bits per heavy atom. The van der Waals surface area contributed by atoms with Crippen molar-refractivity contribution in [3.63, 3.8) is 0 Å². The first kappa shape index (κ1) is 15.8. The maximum atomic E-state index is 6.02. The van der Waals surface area contributed by atoms with Gasteiger partial charge in [0.05, 0.1) is 19.4 Å². The molecule has 1 aliphatic rings. The Morgan fingerprint density at radius 2 is 1.88 bits per heavy atom. The van der Waals surface area contributed by atoms with Gasteiger partial charge in [-0.25, -0.2) is 0 Å². The SMILES string of the molecule is COc1ccc2cc([C@H]3CN(c4ccc(C)nn4)CCO3)ccc2c1. The van der Waals surface area contributed by atoms with Crippen LogP contribution in [-0.2, 0) is 4.74 Å². The van der Waals surface area contributed by atoms with Gasteiger partial charge in [-0.15, -0.1) is 5.10 Å². The first-order valence-electron chi connectivity index (χ1n) is 8.47. The van der Waals surface area contributed by atoms with Gasteiger partial charge in [-0.2, -0.15) is 5.10 Å². The molecule has 2 aromatic carbocycles. The van der Waals surface area contributed by atoms with Crippen molar-refractivity contribution in [1.29, 1.82) is 0 Å². The van der Waals surface area contributed by atoms with Crippen LogP contribution in [0.4, 0.5) is 5.82 Å². The van der Waals surface area contributed by atoms with E-state index in [1.807, 2.05) is 25.1 Å². The van der Waals surface area contributed by atoms with Crippen LogP contribution in [0.2, 0.25) is 0 Å². The minimum Gasteiger partial charge on any atom is -0.497 e. The van der Waals surface area contributed by atoms with E-state index >= 15 is 0 Å². The van der Waals surface area contributed by atoms with Crippen LogP contribution in [0.25, 0.3) is 10.8 Å². The molecule has 0 unspecified atom stereocenters. The maximum Gasteiger partial charge on any atom is 0.151 e. The molecule has 0 amide bonds. The molecule has 1 fully saturated rings. The van der Waals surface area contributed by atoms with Gasteiger partial charge >= 0.3 is 0 Å². The molecule has 5 nitrogen and oxygen atoms in total. The van der Waals surface area contributed by atoms with Gasteiger partial charge < -0.3 is 14.4 Å². The minimum absolute atomic E-state index is 0.0309. The van der Waals surface area contributed by atoms with E-state index in [-0.39, 0.29) is 6.10 Å². The van der Waals surface area contributed by atoms with Crippen molar-refractivity contribution < 1.29 is 9.47 Å².